The maximum atomic E-state index is 13.8. The summed E-state index contributed by atoms with van der Waals surface area (Å²) in [6, 6.07) is 15.0. The third-order valence-corrected chi connectivity index (χ3v) is 11.6. The number of unbranched alkanes of at least 4 members (excludes halogenated alkanes) is 7. The van der Waals surface area contributed by atoms with Crippen molar-refractivity contribution in [2.75, 3.05) is 19.6 Å². The fourth-order valence-corrected chi connectivity index (χ4v) is 9.67. The second-order valence-corrected chi connectivity index (χ2v) is 14.5. The van der Waals surface area contributed by atoms with Crippen LogP contribution >= 0.6 is 0 Å². The van der Waals surface area contributed by atoms with Crippen LogP contribution in [0.1, 0.15) is 115 Å². The molecule has 254 valence electrons. The summed E-state index contributed by atoms with van der Waals surface area (Å²) in [7, 11) is 0. The van der Waals surface area contributed by atoms with Gasteiger partial charge in [-0.1, -0.05) is 74.9 Å². The SMILES string of the molecule is CCN(C(=O)CCCCCCCCCCc1ccccc1)[C@@H]1CC[C@H]2[C@H]3Cc4ccc(OC(C)=O)c5c4[C@@]2(CCN3CC(C)=O)[C@H]1O5. The summed E-state index contributed by atoms with van der Waals surface area (Å²) in [6.45, 7) is 7.18. The van der Waals surface area contributed by atoms with Crippen LogP contribution in [0.25, 0.3) is 0 Å². The molecule has 0 aromatic heterocycles. The molecule has 2 aliphatic carbocycles. The molecule has 2 heterocycles. The maximum Gasteiger partial charge on any atom is 0.308 e. The highest BCUT2D eigenvalue weighted by Crippen LogP contribution is 2.64. The van der Waals surface area contributed by atoms with Gasteiger partial charge >= 0.3 is 5.97 Å². The van der Waals surface area contributed by atoms with Gasteiger partial charge in [0, 0.05) is 36.9 Å². The van der Waals surface area contributed by atoms with Gasteiger partial charge in [0.25, 0.3) is 0 Å². The number of likely N-dealkylation sites (N-methyl/N-ethyl adjacent to an activating group) is 1. The lowest BCUT2D eigenvalue weighted by atomic mass is 9.51. The minimum Gasteiger partial charge on any atom is -0.483 e. The number of aryl methyl sites for hydroxylation is 1. The van der Waals surface area contributed by atoms with Gasteiger partial charge in [-0.15, -0.1) is 0 Å². The fourth-order valence-electron chi connectivity index (χ4n) is 9.67. The van der Waals surface area contributed by atoms with Crippen LogP contribution in [-0.2, 0) is 32.6 Å². The molecule has 2 aromatic rings. The Morgan fingerprint density at radius 2 is 1.66 bits per heavy atom. The van der Waals surface area contributed by atoms with Gasteiger partial charge in [0.05, 0.1) is 12.6 Å². The Morgan fingerprint density at radius 3 is 2.36 bits per heavy atom. The van der Waals surface area contributed by atoms with Gasteiger partial charge < -0.3 is 14.4 Å². The predicted molar refractivity (Wildman–Crippen MR) is 184 cm³/mol. The predicted octanol–water partition coefficient (Wildman–Crippen LogP) is 7.21. The van der Waals surface area contributed by atoms with E-state index in [0.717, 1.165) is 45.1 Å². The van der Waals surface area contributed by atoms with Gasteiger partial charge in [0.15, 0.2) is 11.5 Å². The lowest BCUT2D eigenvalue weighted by Gasteiger charge is -2.60. The van der Waals surface area contributed by atoms with Crippen LogP contribution in [0.15, 0.2) is 42.5 Å². The van der Waals surface area contributed by atoms with E-state index in [2.05, 4.69) is 53.1 Å². The first-order valence-corrected chi connectivity index (χ1v) is 18.4. The lowest BCUT2D eigenvalue weighted by molar-refractivity contribution is -0.143. The third kappa shape index (κ3) is 6.88. The van der Waals surface area contributed by atoms with E-state index in [0.29, 0.717) is 36.9 Å². The first-order valence-electron chi connectivity index (χ1n) is 18.4. The summed E-state index contributed by atoms with van der Waals surface area (Å²) in [5.41, 5.74) is 3.64. The Hall–Kier alpha value is -3.19. The van der Waals surface area contributed by atoms with Crippen molar-refractivity contribution in [3.63, 3.8) is 0 Å². The number of hydrogen-bond acceptors (Lipinski definition) is 6. The van der Waals surface area contributed by atoms with Crippen molar-refractivity contribution in [1.82, 2.24) is 9.80 Å². The number of Topliss-reactive ketones (excluding diaryl/α,β-unsaturated/α-hetero) is 1. The normalized spacial score (nSPS) is 25.5. The molecule has 7 nitrogen and oxygen atoms in total. The molecule has 1 spiro atoms. The van der Waals surface area contributed by atoms with Crippen molar-refractivity contribution in [3.8, 4) is 11.5 Å². The van der Waals surface area contributed by atoms with Gasteiger partial charge in [0.1, 0.15) is 11.9 Å². The second kappa shape index (κ2) is 14.9. The number of ketones is 1. The van der Waals surface area contributed by atoms with E-state index >= 15 is 0 Å². The Kier molecular flexibility index (Phi) is 10.7. The van der Waals surface area contributed by atoms with Crippen molar-refractivity contribution in [2.24, 2.45) is 5.92 Å². The first kappa shape index (κ1) is 33.7. The van der Waals surface area contributed by atoms with Gasteiger partial charge in [-0.3, -0.25) is 19.3 Å². The Labute approximate surface area is 281 Å². The summed E-state index contributed by atoms with van der Waals surface area (Å²) in [5, 5.41) is 0. The van der Waals surface area contributed by atoms with Crippen LogP contribution in [0, 0.1) is 5.92 Å². The Balaban J connectivity index is 1.07. The van der Waals surface area contributed by atoms with Crippen LogP contribution in [0.3, 0.4) is 0 Å². The zero-order valence-electron chi connectivity index (χ0n) is 28.8. The number of nitrogens with zero attached hydrogens (tertiary/aromatic N) is 2. The Bertz CT molecular complexity index is 1430. The molecule has 0 unspecified atom stereocenters. The first-order chi connectivity index (χ1) is 22.8. The number of likely N-dealkylation sites (tertiary alicyclic amines) is 1. The number of esters is 1. The number of carbonyl (C=O) groups excluding carboxylic acids is 3. The summed E-state index contributed by atoms with van der Waals surface area (Å²) in [6.07, 6.45) is 14.8. The molecule has 47 heavy (non-hydrogen) atoms. The molecular weight excluding hydrogens is 588 g/mol. The number of carbonyl (C=O) groups is 3. The second-order valence-electron chi connectivity index (χ2n) is 14.5. The molecule has 2 aromatic carbocycles. The molecule has 2 bridgehead atoms. The number of amides is 1. The lowest BCUT2D eigenvalue weighted by Crippen LogP contribution is -2.69. The van der Waals surface area contributed by atoms with Crippen molar-refractivity contribution >= 4 is 17.7 Å². The number of benzene rings is 2. The van der Waals surface area contributed by atoms with Gasteiger partial charge in [0.2, 0.25) is 5.91 Å². The highest BCUT2D eigenvalue weighted by molar-refractivity contribution is 5.78. The van der Waals surface area contributed by atoms with E-state index in [-0.39, 0.29) is 41.3 Å². The summed E-state index contributed by atoms with van der Waals surface area (Å²) < 4.78 is 12.6. The molecule has 6 rings (SSSR count). The molecule has 7 heteroatoms. The molecule has 1 saturated heterocycles. The van der Waals surface area contributed by atoms with Gasteiger partial charge in [-0.2, -0.15) is 0 Å². The van der Waals surface area contributed by atoms with Crippen molar-refractivity contribution < 1.29 is 23.9 Å². The molecule has 5 atom stereocenters. The molecular formula is C40H54N2O5. The van der Waals surface area contributed by atoms with E-state index in [1.165, 1.54) is 68.6 Å². The topological polar surface area (TPSA) is 76.2 Å². The summed E-state index contributed by atoms with van der Waals surface area (Å²) in [5.74, 6) is 1.62. The average molecular weight is 643 g/mol. The molecule has 0 radical (unpaired) electrons. The van der Waals surface area contributed by atoms with Gasteiger partial charge in [-0.05, 0) is 88.4 Å². The smallest absolute Gasteiger partial charge is 0.308 e. The summed E-state index contributed by atoms with van der Waals surface area (Å²) in [4.78, 5) is 42.6. The van der Waals surface area contributed by atoms with E-state index in [9.17, 15) is 14.4 Å². The largest absolute Gasteiger partial charge is 0.483 e. The number of ether oxygens (including phenoxy) is 2. The highest BCUT2D eigenvalue weighted by Gasteiger charge is 2.66. The van der Waals surface area contributed by atoms with Crippen molar-refractivity contribution in [1.29, 1.82) is 0 Å². The van der Waals surface area contributed by atoms with Crippen LogP contribution in [0.2, 0.25) is 0 Å². The molecule has 4 aliphatic rings. The molecule has 1 saturated carbocycles. The molecule has 2 aliphatic heterocycles. The number of piperidine rings is 1. The fraction of sp³-hybridized carbons (Fsp3) is 0.625. The zero-order chi connectivity index (χ0) is 33.0. The standard InChI is InChI=1S/C40H54N2O5/c1-4-42(36(45)19-15-10-8-6-5-7-9-12-16-30-17-13-11-14-18-30)33-22-21-32-34-26-31-20-23-35(46-29(3)44)38-37(31)40(32,39(33)47-38)24-25-41(34)27-28(2)43/h11,13-14,17-18,20,23,32-34,39H,4-10,12,15-16,19,21-22,24-27H2,1-3H3/t32-,33+,34+,39-,40-/m0/s1. The maximum absolute atomic E-state index is 13.8. The van der Waals surface area contributed by atoms with E-state index in [1.54, 1.807) is 6.92 Å². The third-order valence-electron chi connectivity index (χ3n) is 11.6. The van der Waals surface area contributed by atoms with Crippen molar-refractivity contribution in [2.45, 2.75) is 134 Å². The molecule has 0 N–H and O–H groups in total. The van der Waals surface area contributed by atoms with Crippen LogP contribution in [0.4, 0.5) is 0 Å². The monoisotopic (exact) mass is 642 g/mol. The van der Waals surface area contributed by atoms with Crippen LogP contribution < -0.4 is 9.47 Å². The highest BCUT2D eigenvalue weighted by atomic mass is 16.6. The van der Waals surface area contributed by atoms with Crippen molar-refractivity contribution in [3.05, 3.63) is 59.2 Å². The van der Waals surface area contributed by atoms with E-state index < -0.39 is 0 Å². The van der Waals surface area contributed by atoms with Gasteiger partial charge in [-0.25, -0.2) is 0 Å². The Morgan fingerprint density at radius 1 is 0.936 bits per heavy atom. The van der Waals surface area contributed by atoms with E-state index in [4.69, 9.17) is 9.47 Å². The zero-order valence-corrected chi connectivity index (χ0v) is 28.8. The van der Waals surface area contributed by atoms with Crippen LogP contribution in [-0.4, -0.2) is 65.3 Å². The minimum absolute atomic E-state index is 0.0248. The quantitative estimate of drug-likeness (QED) is 0.109. The molecule has 1 amide bonds. The number of rotatable bonds is 16. The minimum atomic E-state index is -0.358. The summed E-state index contributed by atoms with van der Waals surface area (Å²) >= 11 is 0. The van der Waals surface area contributed by atoms with Crippen LogP contribution in [0.5, 0.6) is 11.5 Å². The average Bonchev–Trinajstić information content (AvgIpc) is 3.40. The van der Waals surface area contributed by atoms with E-state index in [1.807, 2.05) is 6.07 Å². The molecule has 2 fully saturated rings. The number of hydrogen-bond donors (Lipinski definition) is 0.